The summed E-state index contributed by atoms with van der Waals surface area (Å²) in [4.78, 5) is 15.1. The van der Waals surface area contributed by atoms with E-state index in [1.807, 2.05) is 24.3 Å². The molecule has 2 N–H and O–H groups in total. The summed E-state index contributed by atoms with van der Waals surface area (Å²) in [7, 11) is -2.97. The highest BCUT2D eigenvalue weighted by atomic mass is 32.2. The molecule has 1 saturated heterocycles. The van der Waals surface area contributed by atoms with Gasteiger partial charge in [-0.2, -0.15) is 0 Å². The fourth-order valence-electron chi connectivity index (χ4n) is 2.37. The van der Waals surface area contributed by atoms with Crippen LogP contribution in [0.2, 0.25) is 0 Å². The van der Waals surface area contributed by atoms with Gasteiger partial charge in [0.15, 0.2) is 9.84 Å². The van der Waals surface area contributed by atoms with Crippen LogP contribution in [0.1, 0.15) is 16.9 Å². The smallest absolute Gasteiger partial charge is 0.267 e. The molecule has 0 aliphatic carbocycles. The van der Waals surface area contributed by atoms with Crippen molar-refractivity contribution < 1.29 is 13.2 Å². The van der Waals surface area contributed by atoms with Gasteiger partial charge in [0.2, 0.25) is 0 Å². The molecule has 2 heterocycles. The zero-order valence-corrected chi connectivity index (χ0v) is 11.0. The first-order chi connectivity index (χ1) is 9.03. The molecule has 19 heavy (non-hydrogen) atoms. The summed E-state index contributed by atoms with van der Waals surface area (Å²) in [5.41, 5.74) is 1.36. The molecule has 1 aromatic carbocycles. The highest BCUT2D eigenvalue weighted by Crippen LogP contribution is 2.16. The van der Waals surface area contributed by atoms with E-state index in [9.17, 15) is 13.2 Å². The minimum absolute atomic E-state index is 0.0406. The number of rotatable bonds is 2. The Labute approximate surface area is 110 Å². The maximum atomic E-state index is 12.0. The third-order valence-electron chi connectivity index (χ3n) is 3.34. The van der Waals surface area contributed by atoms with Crippen LogP contribution in [0.3, 0.4) is 0 Å². The molecule has 1 aromatic heterocycles. The quantitative estimate of drug-likeness (QED) is 0.863. The van der Waals surface area contributed by atoms with Crippen LogP contribution in [0.25, 0.3) is 10.9 Å². The van der Waals surface area contributed by atoms with Gasteiger partial charge in [0.1, 0.15) is 5.69 Å². The molecule has 5 nitrogen and oxygen atoms in total. The second kappa shape index (κ2) is 4.38. The minimum atomic E-state index is -2.97. The van der Waals surface area contributed by atoms with Crippen molar-refractivity contribution in [2.24, 2.45) is 0 Å². The van der Waals surface area contributed by atoms with Crippen molar-refractivity contribution in [1.29, 1.82) is 0 Å². The van der Waals surface area contributed by atoms with Gasteiger partial charge >= 0.3 is 0 Å². The summed E-state index contributed by atoms with van der Waals surface area (Å²) in [5.74, 6) is -0.0535. The first-order valence-corrected chi connectivity index (χ1v) is 7.95. The highest BCUT2D eigenvalue weighted by molar-refractivity contribution is 7.91. The molecule has 2 aromatic rings. The summed E-state index contributed by atoms with van der Waals surface area (Å²) < 4.78 is 22.7. The first-order valence-electron chi connectivity index (χ1n) is 6.12. The molecule has 1 aliphatic rings. The Balaban J connectivity index is 1.77. The Morgan fingerprint density at radius 3 is 2.79 bits per heavy atom. The molecule has 100 valence electrons. The average molecular weight is 278 g/mol. The van der Waals surface area contributed by atoms with Crippen molar-refractivity contribution in [2.75, 3.05) is 11.5 Å². The van der Waals surface area contributed by atoms with Gasteiger partial charge in [0, 0.05) is 16.9 Å². The number of carbonyl (C=O) groups excluding carboxylic acids is 1. The fourth-order valence-corrected chi connectivity index (χ4v) is 4.04. The molecule has 0 saturated carbocycles. The molecule has 3 rings (SSSR count). The van der Waals surface area contributed by atoms with Crippen LogP contribution in [0.5, 0.6) is 0 Å². The maximum absolute atomic E-state index is 12.0. The van der Waals surface area contributed by atoms with Crippen molar-refractivity contribution in [3.05, 3.63) is 36.0 Å². The summed E-state index contributed by atoms with van der Waals surface area (Å²) in [5, 5.41) is 3.73. The Hall–Kier alpha value is -1.82. The fraction of sp³-hybridized carbons (Fsp3) is 0.308. The Morgan fingerprint density at radius 2 is 2.11 bits per heavy atom. The topological polar surface area (TPSA) is 79.0 Å². The molecule has 1 atom stereocenters. The second-order valence-electron chi connectivity index (χ2n) is 4.84. The lowest BCUT2D eigenvalue weighted by Crippen LogP contribution is -2.35. The van der Waals surface area contributed by atoms with E-state index in [4.69, 9.17) is 0 Å². The number of amides is 1. The van der Waals surface area contributed by atoms with Crippen molar-refractivity contribution in [1.82, 2.24) is 10.3 Å². The second-order valence-corrected chi connectivity index (χ2v) is 7.07. The third kappa shape index (κ3) is 2.49. The monoisotopic (exact) mass is 278 g/mol. The molecule has 1 fully saturated rings. The van der Waals surface area contributed by atoms with Gasteiger partial charge in [-0.15, -0.1) is 0 Å². The number of hydrogen-bond acceptors (Lipinski definition) is 3. The predicted molar refractivity (Wildman–Crippen MR) is 72.8 cm³/mol. The number of sulfone groups is 1. The molecule has 0 bridgehead atoms. The van der Waals surface area contributed by atoms with Crippen molar-refractivity contribution >= 4 is 26.6 Å². The zero-order chi connectivity index (χ0) is 13.5. The van der Waals surface area contributed by atoms with Gasteiger partial charge in [0.05, 0.1) is 11.5 Å². The Bertz CT molecular complexity index is 700. The standard InChI is InChI=1S/C13H14N2O3S/c16-13(14-10-5-6-19(17,18)8-10)12-7-9-3-1-2-4-11(9)15-12/h1-4,7,10,15H,5-6,8H2,(H,14,16). The Morgan fingerprint density at radius 1 is 1.32 bits per heavy atom. The first kappa shape index (κ1) is 12.2. The number of benzene rings is 1. The van der Waals surface area contributed by atoms with E-state index < -0.39 is 9.84 Å². The molecule has 1 aliphatic heterocycles. The lowest BCUT2D eigenvalue weighted by molar-refractivity contribution is 0.0937. The summed E-state index contributed by atoms with van der Waals surface area (Å²) in [6, 6.07) is 9.11. The van der Waals surface area contributed by atoms with Crippen LogP contribution in [0, 0.1) is 0 Å². The average Bonchev–Trinajstić information content (AvgIpc) is 2.92. The largest absolute Gasteiger partial charge is 0.351 e. The normalized spacial score (nSPS) is 21.6. The number of carbonyl (C=O) groups is 1. The van der Waals surface area contributed by atoms with E-state index in [0.29, 0.717) is 12.1 Å². The number of nitrogens with one attached hydrogen (secondary N) is 2. The van der Waals surface area contributed by atoms with Crippen LogP contribution < -0.4 is 5.32 Å². The van der Waals surface area contributed by atoms with E-state index in [0.717, 1.165) is 10.9 Å². The number of fused-ring (bicyclic) bond motifs is 1. The number of aromatic nitrogens is 1. The van der Waals surface area contributed by atoms with E-state index >= 15 is 0 Å². The van der Waals surface area contributed by atoms with Crippen molar-refractivity contribution in [3.8, 4) is 0 Å². The van der Waals surface area contributed by atoms with E-state index in [-0.39, 0.29) is 23.5 Å². The molecule has 0 spiro atoms. The highest BCUT2D eigenvalue weighted by Gasteiger charge is 2.29. The van der Waals surface area contributed by atoms with Gasteiger partial charge in [-0.1, -0.05) is 18.2 Å². The van der Waals surface area contributed by atoms with Crippen LogP contribution >= 0.6 is 0 Å². The summed E-state index contributed by atoms with van der Waals surface area (Å²) in [6.45, 7) is 0. The summed E-state index contributed by atoms with van der Waals surface area (Å²) in [6.07, 6.45) is 0.494. The van der Waals surface area contributed by atoms with Gasteiger partial charge in [0.25, 0.3) is 5.91 Å². The van der Waals surface area contributed by atoms with E-state index in [1.54, 1.807) is 6.07 Å². The number of hydrogen-bond donors (Lipinski definition) is 2. The number of para-hydroxylation sites is 1. The SMILES string of the molecule is O=C(NC1CCS(=O)(=O)C1)c1cc2ccccc2[nH]1. The van der Waals surface area contributed by atoms with Crippen molar-refractivity contribution in [3.63, 3.8) is 0 Å². The van der Waals surface area contributed by atoms with Crippen LogP contribution in [0.15, 0.2) is 30.3 Å². The molecule has 0 radical (unpaired) electrons. The molecule has 1 amide bonds. The van der Waals surface area contributed by atoms with Gasteiger partial charge in [-0.25, -0.2) is 8.42 Å². The number of aromatic amines is 1. The third-order valence-corrected chi connectivity index (χ3v) is 5.11. The summed E-state index contributed by atoms with van der Waals surface area (Å²) >= 11 is 0. The van der Waals surface area contributed by atoms with Gasteiger partial charge in [-0.3, -0.25) is 4.79 Å². The lowest BCUT2D eigenvalue weighted by atomic mass is 10.2. The van der Waals surface area contributed by atoms with Crippen molar-refractivity contribution in [2.45, 2.75) is 12.5 Å². The molecular formula is C13H14N2O3S. The lowest BCUT2D eigenvalue weighted by Gasteiger charge is -2.09. The number of H-pyrrole nitrogens is 1. The van der Waals surface area contributed by atoms with E-state index in [1.165, 1.54) is 0 Å². The maximum Gasteiger partial charge on any atom is 0.267 e. The van der Waals surface area contributed by atoms with Gasteiger partial charge < -0.3 is 10.3 Å². The van der Waals surface area contributed by atoms with Crippen LogP contribution in [-0.2, 0) is 9.84 Å². The van der Waals surface area contributed by atoms with E-state index in [2.05, 4.69) is 10.3 Å². The minimum Gasteiger partial charge on any atom is -0.351 e. The molecular weight excluding hydrogens is 264 g/mol. The Kier molecular flexibility index (Phi) is 2.82. The van der Waals surface area contributed by atoms with Crippen LogP contribution in [0.4, 0.5) is 0 Å². The molecule has 6 heteroatoms. The van der Waals surface area contributed by atoms with Gasteiger partial charge in [-0.05, 0) is 18.6 Å². The zero-order valence-electron chi connectivity index (χ0n) is 10.2. The molecule has 1 unspecified atom stereocenters. The van der Waals surface area contributed by atoms with Crippen LogP contribution in [-0.4, -0.2) is 36.9 Å². The predicted octanol–water partition coefficient (Wildman–Crippen LogP) is 1.08.